The maximum absolute atomic E-state index is 13.8. The van der Waals surface area contributed by atoms with Gasteiger partial charge in [0.1, 0.15) is 12.4 Å². The monoisotopic (exact) mass is 369 g/mol. The van der Waals surface area contributed by atoms with E-state index in [-0.39, 0.29) is 18.2 Å². The van der Waals surface area contributed by atoms with Gasteiger partial charge in [-0.25, -0.2) is 14.3 Å². The molecule has 9 heteroatoms. The van der Waals surface area contributed by atoms with Crippen LogP contribution in [-0.4, -0.2) is 28.5 Å². The summed E-state index contributed by atoms with van der Waals surface area (Å²) in [5.74, 6) is 0.723. The number of nitrogens with zero attached hydrogens (tertiary/aromatic N) is 3. The van der Waals surface area contributed by atoms with E-state index in [4.69, 9.17) is 9.47 Å². The Morgan fingerprint density at radius 2 is 2.11 bits per heavy atom. The Morgan fingerprint density at radius 3 is 2.89 bits per heavy atom. The molecule has 2 N–H and O–H groups in total. The topological polar surface area (TPSA) is 101 Å². The minimum Gasteiger partial charge on any atom is -0.493 e. The van der Waals surface area contributed by atoms with Gasteiger partial charge in [-0.15, -0.1) is 0 Å². The molecule has 0 unspecified atom stereocenters. The van der Waals surface area contributed by atoms with Crippen LogP contribution in [-0.2, 0) is 6.61 Å². The molecule has 0 saturated carbocycles. The number of benzene rings is 2. The number of hydrogen-bond donors (Lipinski definition) is 2. The van der Waals surface area contributed by atoms with Gasteiger partial charge in [0.15, 0.2) is 17.3 Å². The third-order valence-corrected chi connectivity index (χ3v) is 3.51. The van der Waals surface area contributed by atoms with E-state index in [1.54, 1.807) is 36.4 Å². The van der Waals surface area contributed by atoms with Crippen LogP contribution in [0.25, 0.3) is 0 Å². The Morgan fingerprint density at radius 1 is 1.26 bits per heavy atom. The minimum atomic E-state index is -0.592. The van der Waals surface area contributed by atoms with Crippen LogP contribution in [0.1, 0.15) is 11.1 Å². The van der Waals surface area contributed by atoms with Gasteiger partial charge in [-0.05, 0) is 18.2 Å². The lowest BCUT2D eigenvalue weighted by Gasteiger charge is -2.13. The number of anilines is 1. The fourth-order valence-corrected chi connectivity index (χ4v) is 2.25. The zero-order valence-electron chi connectivity index (χ0n) is 14.3. The van der Waals surface area contributed by atoms with Crippen molar-refractivity contribution < 1.29 is 13.9 Å². The van der Waals surface area contributed by atoms with Crippen molar-refractivity contribution in [3.05, 3.63) is 76.1 Å². The number of hydrogen-bond acceptors (Lipinski definition) is 7. The lowest BCUT2D eigenvalue weighted by Crippen LogP contribution is -2.13. The van der Waals surface area contributed by atoms with E-state index in [1.165, 1.54) is 25.6 Å². The van der Waals surface area contributed by atoms with Gasteiger partial charge in [0.25, 0.3) is 0 Å². The van der Waals surface area contributed by atoms with E-state index in [2.05, 4.69) is 25.7 Å². The Bertz CT molecular complexity index is 1010. The van der Waals surface area contributed by atoms with Gasteiger partial charge in [0, 0.05) is 11.1 Å². The molecule has 0 aliphatic heterocycles. The Balaban J connectivity index is 1.79. The van der Waals surface area contributed by atoms with Crippen molar-refractivity contribution in [3.8, 4) is 11.5 Å². The molecule has 0 spiro atoms. The molecule has 0 fully saturated rings. The highest BCUT2D eigenvalue weighted by atomic mass is 19.1. The molecule has 1 aromatic heterocycles. The number of para-hydroxylation sites is 1. The number of hydrazone groups is 1. The van der Waals surface area contributed by atoms with Crippen molar-refractivity contribution in [2.45, 2.75) is 6.61 Å². The van der Waals surface area contributed by atoms with Gasteiger partial charge in [0.2, 0.25) is 0 Å². The van der Waals surface area contributed by atoms with Crippen molar-refractivity contribution >= 4 is 12.0 Å². The average molecular weight is 369 g/mol. The second-order valence-electron chi connectivity index (χ2n) is 5.30. The maximum Gasteiger partial charge on any atom is 0.363 e. The molecule has 0 saturated heterocycles. The largest absolute Gasteiger partial charge is 0.493 e. The number of nitrogens with one attached hydrogen (secondary N) is 2. The van der Waals surface area contributed by atoms with Crippen molar-refractivity contribution in [1.82, 2.24) is 15.2 Å². The molecule has 0 bridgehead atoms. The van der Waals surface area contributed by atoms with E-state index in [0.717, 1.165) is 0 Å². The number of methoxy groups -OCH3 is 1. The van der Waals surface area contributed by atoms with Crippen LogP contribution >= 0.6 is 0 Å². The van der Waals surface area contributed by atoms with Gasteiger partial charge >= 0.3 is 5.69 Å². The van der Waals surface area contributed by atoms with E-state index < -0.39 is 5.69 Å². The van der Waals surface area contributed by atoms with Crippen molar-refractivity contribution in [2.24, 2.45) is 5.10 Å². The predicted molar refractivity (Wildman–Crippen MR) is 97.6 cm³/mol. The quantitative estimate of drug-likeness (QED) is 0.490. The first-order chi connectivity index (χ1) is 13.2. The highest BCUT2D eigenvalue weighted by Gasteiger charge is 2.11. The lowest BCUT2D eigenvalue weighted by molar-refractivity contribution is 0.279. The third-order valence-electron chi connectivity index (χ3n) is 3.51. The molecule has 0 aliphatic rings. The summed E-state index contributed by atoms with van der Waals surface area (Å²) in [6, 6.07) is 11.6. The van der Waals surface area contributed by atoms with Crippen LogP contribution in [0, 0.1) is 5.82 Å². The summed E-state index contributed by atoms with van der Waals surface area (Å²) in [4.78, 5) is 14.8. The molecule has 1 heterocycles. The molecule has 3 rings (SSSR count). The molecule has 0 amide bonds. The van der Waals surface area contributed by atoms with Gasteiger partial charge in [0.05, 0.1) is 19.5 Å². The average Bonchev–Trinajstić information content (AvgIpc) is 2.68. The molecule has 0 aliphatic carbocycles. The predicted octanol–water partition coefficient (Wildman–Crippen LogP) is 2.34. The Labute approximate surface area is 153 Å². The van der Waals surface area contributed by atoms with Gasteiger partial charge < -0.3 is 9.47 Å². The summed E-state index contributed by atoms with van der Waals surface area (Å²) >= 11 is 0. The third kappa shape index (κ3) is 4.66. The standard InChI is InChI=1S/C18H16FN5O3/c1-26-15-8-4-6-12(9-20-23-16-10-21-24-18(25)22-16)17(15)27-11-13-5-2-3-7-14(13)19/h2-10H,11H2,1H3,(H2,22,23,24,25)/b20-9+. The zero-order valence-corrected chi connectivity index (χ0v) is 14.3. The minimum absolute atomic E-state index is 0.0286. The van der Waals surface area contributed by atoms with Crippen LogP contribution in [0.2, 0.25) is 0 Å². The molecular formula is C18H16FN5O3. The second kappa shape index (κ2) is 8.56. The summed E-state index contributed by atoms with van der Waals surface area (Å²) in [6.07, 6.45) is 2.79. The fourth-order valence-electron chi connectivity index (χ4n) is 2.25. The van der Waals surface area contributed by atoms with E-state index in [1.807, 2.05) is 0 Å². The van der Waals surface area contributed by atoms with E-state index >= 15 is 0 Å². The van der Waals surface area contributed by atoms with Gasteiger partial charge in [-0.3, -0.25) is 5.43 Å². The van der Waals surface area contributed by atoms with Crippen LogP contribution in [0.5, 0.6) is 11.5 Å². The highest BCUT2D eigenvalue weighted by Crippen LogP contribution is 2.31. The molecule has 0 atom stereocenters. The van der Waals surface area contributed by atoms with Crippen LogP contribution < -0.4 is 20.6 Å². The zero-order chi connectivity index (χ0) is 19.1. The summed E-state index contributed by atoms with van der Waals surface area (Å²) in [7, 11) is 1.51. The van der Waals surface area contributed by atoms with Crippen LogP contribution in [0.4, 0.5) is 10.2 Å². The maximum atomic E-state index is 13.8. The van der Waals surface area contributed by atoms with Crippen molar-refractivity contribution in [3.63, 3.8) is 0 Å². The van der Waals surface area contributed by atoms with E-state index in [0.29, 0.717) is 22.6 Å². The Kier molecular flexibility index (Phi) is 5.73. The number of rotatable bonds is 7. The van der Waals surface area contributed by atoms with Crippen molar-refractivity contribution in [1.29, 1.82) is 0 Å². The van der Waals surface area contributed by atoms with Gasteiger partial charge in [-0.1, -0.05) is 24.3 Å². The summed E-state index contributed by atoms with van der Waals surface area (Å²) in [5.41, 5.74) is 3.02. The summed E-state index contributed by atoms with van der Waals surface area (Å²) in [6.45, 7) is 0.0286. The van der Waals surface area contributed by atoms with Crippen LogP contribution in [0.3, 0.4) is 0 Å². The number of ether oxygens (including phenoxy) is 2. The fraction of sp³-hybridized carbons (Fsp3) is 0.111. The lowest BCUT2D eigenvalue weighted by atomic mass is 10.2. The van der Waals surface area contributed by atoms with Crippen molar-refractivity contribution in [2.75, 3.05) is 12.5 Å². The normalized spacial score (nSPS) is 10.7. The Hall–Kier alpha value is -3.75. The summed E-state index contributed by atoms with van der Waals surface area (Å²) < 4.78 is 24.9. The first kappa shape index (κ1) is 18.1. The molecule has 8 nitrogen and oxygen atoms in total. The molecular weight excluding hydrogens is 353 g/mol. The highest BCUT2D eigenvalue weighted by molar-refractivity contribution is 5.85. The smallest absolute Gasteiger partial charge is 0.363 e. The van der Waals surface area contributed by atoms with Gasteiger partial charge in [-0.2, -0.15) is 15.2 Å². The first-order valence-corrected chi connectivity index (χ1v) is 7.91. The number of halogens is 1. The summed E-state index contributed by atoms with van der Waals surface area (Å²) in [5, 5.41) is 9.80. The molecule has 3 aromatic rings. The molecule has 138 valence electrons. The second-order valence-corrected chi connectivity index (χ2v) is 5.30. The number of aromatic nitrogens is 3. The molecule has 27 heavy (non-hydrogen) atoms. The first-order valence-electron chi connectivity index (χ1n) is 7.91. The van der Waals surface area contributed by atoms with Crippen LogP contribution in [0.15, 0.2) is 58.6 Å². The number of H-pyrrole nitrogens is 1. The van der Waals surface area contributed by atoms with E-state index in [9.17, 15) is 9.18 Å². The molecule has 2 aromatic carbocycles. The SMILES string of the molecule is COc1cccc(/C=N/Nc2cn[nH]c(=O)n2)c1OCc1ccccc1F. The number of aromatic amines is 1. The molecule has 0 radical (unpaired) electrons.